The molecule has 12 heavy (non-hydrogen) atoms. The van der Waals surface area contributed by atoms with Crippen molar-refractivity contribution in [1.29, 1.82) is 0 Å². The Morgan fingerprint density at radius 3 is 2.42 bits per heavy atom. The highest BCUT2D eigenvalue weighted by Crippen LogP contribution is 1.96. The Bertz CT molecular complexity index is 191. The number of cyclic esters (lactones) is 2. The lowest BCUT2D eigenvalue weighted by atomic mass is 10.5. The van der Waals surface area contributed by atoms with Crippen molar-refractivity contribution in [3.63, 3.8) is 0 Å². The summed E-state index contributed by atoms with van der Waals surface area (Å²) >= 11 is 0. The van der Waals surface area contributed by atoms with E-state index in [0.717, 1.165) is 0 Å². The average Bonchev–Trinajstić information content (AvgIpc) is 2.63. The van der Waals surface area contributed by atoms with Crippen LogP contribution in [0.5, 0.6) is 0 Å². The predicted octanol–water partition coefficient (Wildman–Crippen LogP) is 0.173. The molecule has 1 saturated heterocycles. The van der Waals surface area contributed by atoms with E-state index in [1.807, 2.05) is 0 Å². The minimum Gasteiger partial charge on any atom is -0.448 e. The van der Waals surface area contributed by atoms with E-state index in [2.05, 4.69) is 14.8 Å². The van der Waals surface area contributed by atoms with Crippen molar-refractivity contribution >= 4 is 12.1 Å². The third-order valence-corrected chi connectivity index (χ3v) is 1.18. The van der Waals surface area contributed by atoms with E-state index >= 15 is 0 Å². The number of nitrogens with one attached hydrogen (secondary N) is 1. The van der Waals surface area contributed by atoms with Crippen LogP contribution in [-0.2, 0) is 14.3 Å². The topological polar surface area (TPSA) is 64.6 Å². The second-order valence-electron chi connectivity index (χ2n) is 2.13. The van der Waals surface area contributed by atoms with Crippen LogP contribution < -0.4 is 5.32 Å². The molecule has 1 amide bonds. The second kappa shape index (κ2) is 4.38. The Labute approximate surface area is 69.3 Å². The fourth-order valence-electron chi connectivity index (χ4n) is 0.664. The van der Waals surface area contributed by atoms with E-state index in [-0.39, 0.29) is 12.1 Å². The predicted molar refractivity (Wildman–Crippen MR) is 39.2 cm³/mol. The zero-order valence-electron chi connectivity index (χ0n) is 6.41. The molecule has 0 aromatic rings. The summed E-state index contributed by atoms with van der Waals surface area (Å²) in [6, 6.07) is 0. The standard InChI is InChI=1S/C4H4O2.C3H5NO2/c5-4-2-1-3-6-4;5-3-4-1-2-6-3/h1,3H,2H2;1-2H2,(H,4,5). The molecule has 1 fully saturated rings. The lowest BCUT2D eigenvalue weighted by Crippen LogP contribution is -2.11. The van der Waals surface area contributed by atoms with Gasteiger partial charge < -0.3 is 14.8 Å². The van der Waals surface area contributed by atoms with Crippen molar-refractivity contribution in [2.24, 2.45) is 0 Å². The van der Waals surface area contributed by atoms with Crippen LogP contribution >= 0.6 is 0 Å². The summed E-state index contributed by atoms with van der Waals surface area (Å²) in [5, 5.41) is 2.46. The van der Waals surface area contributed by atoms with Gasteiger partial charge in [0.1, 0.15) is 6.61 Å². The van der Waals surface area contributed by atoms with Crippen LogP contribution in [0.2, 0.25) is 0 Å². The maximum atomic E-state index is 9.96. The number of hydrogen-bond donors (Lipinski definition) is 1. The molecule has 2 heterocycles. The molecule has 1 N–H and O–H groups in total. The van der Waals surface area contributed by atoms with Gasteiger partial charge in [-0.15, -0.1) is 0 Å². The minimum absolute atomic E-state index is 0.157. The molecule has 0 aromatic heterocycles. The second-order valence-corrected chi connectivity index (χ2v) is 2.13. The lowest BCUT2D eigenvalue weighted by molar-refractivity contribution is -0.135. The molecule has 5 heteroatoms. The van der Waals surface area contributed by atoms with Gasteiger partial charge in [0.25, 0.3) is 0 Å². The summed E-state index contributed by atoms with van der Waals surface area (Å²) < 4.78 is 8.74. The smallest absolute Gasteiger partial charge is 0.407 e. The van der Waals surface area contributed by atoms with Gasteiger partial charge in [-0.1, -0.05) is 0 Å². The number of esters is 1. The van der Waals surface area contributed by atoms with E-state index in [4.69, 9.17) is 0 Å². The van der Waals surface area contributed by atoms with E-state index in [9.17, 15) is 9.59 Å². The van der Waals surface area contributed by atoms with Crippen LogP contribution in [0.1, 0.15) is 6.42 Å². The molecule has 0 spiro atoms. The maximum absolute atomic E-state index is 9.96. The molecule has 0 atom stereocenters. The Kier molecular flexibility index (Phi) is 3.13. The number of rotatable bonds is 0. The zero-order chi connectivity index (χ0) is 8.81. The lowest BCUT2D eigenvalue weighted by Gasteiger charge is -1.80. The van der Waals surface area contributed by atoms with Gasteiger partial charge in [0, 0.05) is 0 Å². The molecule has 0 aromatic carbocycles. The highest BCUT2D eigenvalue weighted by molar-refractivity contribution is 5.73. The fourth-order valence-corrected chi connectivity index (χ4v) is 0.664. The van der Waals surface area contributed by atoms with Crippen LogP contribution in [0, 0.1) is 0 Å². The quantitative estimate of drug-likeness (QED) is 0.528. The van der Waals surface area contributed by atoms with Crippen LogP contribution in [0.15, 0.2) is 12.3 Å². The van der Waals surface area contributed by atoms with E-state index in [0.29, 0.717) is 19.6 Å². The van der Waals surface area contributed by atoms with Gasteiger partial charge in [0.15, 0.2) is 0 Å². The fraction of sp³-hybridized carbons (Fsp3) is 0.429. The van der Waals surface area contributed by atoms with Crippen molar-refractivity contribution in [3.05, 3.63) is 12.3 Å². The Morgan fingerprint density at radius 2 is 2.25 bits per heavy atom. The Balaban J connectivity index is 0.000000120. The molecule has 0 unspecified atom stereocenters. The Morgan fingerprint density at radius 1 is 1.42 bits per heavy atom. The van der Waals surface area contributed by atoms with Crippen LogP contribution in [-0.4, -0.2) is 25.2 Å². The molecule has 2 rings (SSSR count). The molecule has 2 aliphatic heterocycles. The minimum atomic E-state index is -0.296. The van der Waals surface area contributed by atoms with Gasteiger partial charge in [-0.2, -0.15) is 0 Å². The molecular weight excluding hydrogens is 162 g/mol. The van der Waals surface area contributed by atoms with Crippen molar-refractivity contribution in [2.75, 3.05) is 13.2 Å². The van der Waals surface area contributed by atoms with Gasteiger partial charge in [-0.05, 0) is 6.08 Å². The van der Waals surface area contributed by atoms with Crippen LogP contribution in [0.25, 0.3) is 0 Å². The zero-order valence-corrected chi connectivity index (χ0v) is 6.41. The first-order valence-corrected chi connectivity index (χ1v) is 3.54. The average molecular weight is 171 g/mol. The molecule has 0 bridgehead atoms. The number of carbonyl (C=O) groups is 2. The molecular formula is C7H9NO4. The van der Waals surface area contributed by atoms with Gasteiger partial charge in [-0.3, -0.25) is 4.79 Å². The van der Waals surface area contributed by atoms with Crippen molar-refractivity contribution in [2.45, 2.75) is 6.42 Å². The largest absolute Gasteiger partial charge is 0.448 e. The van der Waals surface area contributed by atoms with Crippen molar-refractivity contribution in [1.82, 2.24) is 5.32 Å². The SMILES string of the molecule is O=C1CC=CO1.O=C1NCCO1. The van der Waals surface area contributed by atoms with Gasteiger partial charge >= 0.3 is 12.1 Å². The number of hydrogen-bond acceptors (Lipinski definition) is 4. The first kappa shape index (κ1) is 8.58. The summed E-state index contributed by atoms with van der Waals surface area (Å²) in [6.45, 7) is 1.19. The number of alkyl carbamates (subject to hydrolysis) is 1. The van der Waals surface area contributed by atoms with E-state index in [1.165, 1.54) is 6.26 Å². The summed E-state index contributed by atoms with van der Waals surface area (Å²) in [5.74, 6) is -0.157. The molecule has 0 aliphatic carbocycles. The first-order chi connectivity index (χ1) is 5.79. The maximum Gasteiger partial charge on any atom is 0.407 e. The van der Waals surface area contributed by atoms with Crippen molar-refractivity contribution < 1.29 is 19.1 Å². The monoisotopic (exact) mass is 171 g/mol. The summed E-state index contributed by atoms with van der Waals surface area (Å²) in [4.78, 5) is 19.9. The summed E-state index contributed by atoms with van der Waals surface area (Å²) in [5.41, 5.74) is 0. The summed E-state index contributed by atoms with van der Waals surface area (Å²) in [7, 11) is 0. The number of amides is 1. The molecule has 5 nitrogen and oxygen atoms in total. The van der Waals surface area contributed by atoms with Gasteiger partial charge in [0.05, 0.1) is 19.2 Å². The van der Waals surface area contributed by atoms with Crippen LogP contribution in [0.3, 0.4) is 0 Å². The molecule has 0 radical (unpaired) electrons. The van der Waals surface area contributed by atoms with Crippen molar-refractivity contribution in [3.8, 4) is 0 Å². The summed E-state index contributed by atoms with van der Waals surface area (Å²) in [6.07, 6.45) is 3.24. The van der Waals surface area contributed by atoms with E-state index < -0.39 is 0 Å². The van der Waals surface area contributed by atoms with Crippen LogP contribution in [0.4, 0.5) is 4.79 Å². The third kappa shape index (κ3) is 3.05. The third-order valence-electron chi connectivity index (χ3n) is 1.18. The van der Waals surface area contributed by atoms with E-state index in [1.54, 1.807) is 6.08 Å². The highest BCUT2D eigenvalue weighted by atomic mass is 16.6. The number of carbonyl (C=O) groups excluding carboxylic acids is 2. The normalized spacial score (nSPS) is 19.0. The number of ether oxygens (including phenoxy) is 2. The Hall–Kier alpha value is -1.52. The first-order valence-electron chi connectivity index (χ1n) is 3.54. The molecule has 2 aliphatic rings. The molecule has 0 saturated carbocycles. The molecule has 66 valence electrons. The van der Waals surface area contributed by atoms with Gasteiger partial charge in [0.2, 0.25) is 0 Å². The van der Waals surface area contributed by atoms with Gasteiger partial charge in [-0.25, -0.2) is 4.79 Å². The highest BCUT2D eigenvalue weighted by Gasteiger charge is 2.06.